The van der Waals surface area contributed by atoms with Crippen LogP contribution in [0.2, 0.25) is 0 Å². The van der Waals surface area contributed by atoms with E-state index in [1.54, 1.807) is 0 Å². The van der Waals surface area contributed by atoms with Gasteiger partial charge in [0, 0.05) is 11.8 Å². The molecular weight excluding hydrogens is 188 g/mol. The van der Waals surface area contributed by atoms with Gasteiger partial charge in [0.25, 0.3) is 0 Å². The van der Waals surface area contributed by atoms with Crippen LogP contribution in [0.1, 0.15) is 19.8 Å². The summed E-state index contributed by atoms with van der Waals surface area (Å²) in [7, 11) is 0. The Morgan fingerprint density at radius 2 is 1.67 bits per heavy atom. The van der Waals surface area contributed by atoms with E-state index in [1.807, 2.05) is 13.0 Å². The summed E-state index contributed by atoms with van der Waals surface area (Å²) in [6, 6.07) is 0. The Hall–Kier alpha value is -0.600. The van der Waals surface area contributed by atoms with Crippen LogP contribution in [0, 0.1) is 23.7 Å². The maximum absolute atomic E-state index is 10.2. The van der Waals surface area contributed by atoms with Crippen LogP contribution in [0.4, 0.5) is 0 Å². The average molecular weight is 206 g/mol. The van der Waals surface area contributed by atoms with E-state index in [0.29, 0.717) is 11.8 Å². The molecule has 1 fully saturated rings. The van der Waals surface area contributed by atoms with Gasteiger partial charge in [-0.1, -0.05) is 18.2 Å². The summed E-state index contributed by atoms with van der Waals surface area (Å²) < 4.78 is 0. The minimum Gasteiger partial charge on any atom is -0.389 e. The molecule has 1 saturated carbocycles. The fraction of sp³-hybridized carbons (Fsp3) is 0.692. The standard InChI is InChI=1S/C13H18O2/c1-7-6-10(14)11-8-2-4-9(5-3-8)12(11)13(7)15/h2,4,6,8-15H,3,5H2,1H3/t8-,9+,10+,11+,12+,13-/m1/s1. The Kier molecular flexibility index (Phi) is 2.05. The maximum atomic E-state index is 10.2. The average Bonchev–Trinajstić information content (AvgIpc) is 2.26. The van der Waals surface area contributed by atoms with Crippen LogP contribution >= 0.6 is 0 Å². The zero-order valence-electron chi connectivity index (χ0n) is 9.00. The molecule has 0 heterocycles. The summed E-state index contributed by atoms with van der Waals surface area (Å²) in [5.41, 5.74) is 0.949. The summed E-state index contributed by atoms with van der Waals surface area (Å²) in [6.45, 7) is 1.93. The molecule has 4 aliphatic rings. The fourth-order valence-corrected chi connectivity index (χ4v) is 3.78. The molecule has 15 heavy (non-hydrogen) atoms. The van der Waals surface area contributed by atoms with Gasteiger partial charge >= 0.3 is 0 Å². The van der Waals surface area contributed by atoms with Crippen molar-refractivity contribution in [1.82, 2.24) is 0 Å². The van der Waals surface area contributed by atoms with Gasteiger partial charge in [0.15, 0.2) is 0 Å². The molecule has 6 atom stereocenters. The summed E-state index contributed by atoms with van der Waals surface area (Å²) in [4.78, 5) is 0. The molecule has 2 N–H and O–H groups in total. The first-order chi connectivity index (χ1) is 7.18. The third-order valence-corrected chi connectivity index (χ3v) is 4.53. The summed E-state index contributed by atoms with van der Waals surface area (Å²) in [6.07, 6.45) is 8.02. The van der Waals surface area contributed by atoms with Gasteiger partial charge in [-0.05, 0) is 37.2 Å². The van der Waals surface area contributed by atoms with Gasteiger partial charge in [0.05, 0.1) is 12.2 Å². The number of hydrogen-bond donors (Lipinski definition) is 2. The van der Waals surface area contributed by atoms with Crippen LogP contribution in [0.15, 0.2) is 23.8 Å². The third-order valence-electron chi connectivity index (χ3n) is 4.53. The lowest BCUT2D eigenvalue weighted by atomic mass is 9.56. The number of hydrogen-bond acceptors (Lipinski definition) is 2. The van der Waals surface area contributed by atoms with Crippen LogP contribution in [0.5, 0.6) is 0 Å². The lowest BCUT2D eigenvalue weighted by Gasteiger charge is -2.50. The van der Waals surface area contributed by atoms with E-state index in [4.69, 9.17) is 0 Å². The second kappa shape index (κ2) is 3.19. The zero-order chi connectivity index (χ0) is 10.6. The van der Waals surface area contributed by atoms with Gasteiger partial charge in [0.2, 0.25) is 0 Å². The molecule has 0 aromatic rings. The third kappa shape index (κ3) is 1.25. The van der Waals surface area contributed by atoms with Gasteiger partial charge in [-0.15, -0.1) is 0 Å². The normalized spacial score (nSPS) is 52.6. The summed E-state index contributed by atoms with van der Waals surface area (Å²) in [5.74, 6) is 1.48. The van der Waals surface area contributed by atoms with Crippen molar-refractivity contribution in [3.63, 3.8) is 0 Å². The molecule has 0 radical (unpaired) electrons. The molecule has 2 bridgehead atoms. The predicted molar refractivity (Wildman–Crippen MR) is 58.1 cm³/mol. The first-order valence-electron chi connectivity index (χ1n) is 5.91. The van der Waals surface area contributed by atoms with Gasteiger partial charge in [-0.3, -0.25) is 0 Å². The Balaban J connectivity index is 2.02. The number of fused-ring (bicyclic) bond motifs is 1. The molecule has 4 rings (SSSR count). The summed E-state index contributed by atoms with van der Waals surface area (Å²) >= 11 is 0. The van der Waals surface area contributed by atoms with Gasteiger partial charge in [-0.25, -0.2) is 0 Å². The van der Waals surface area contributed by atoms with Crippen molar-refractivity contribution in [1.29, 1.82) is 0 Å². The Morgan fingerprint density at radius 1 is 1.07 bits per heavy atom. The topological polar surface area (TPSA) is 40.5 Å². The SMILES string of the molecule is CC1=C[C@H](O)[C@H]2[C@@H]([C@@H]1O)[C@H]1C=C[C@@H]2CC1. The number of allylic oxidation sites excluding steroid dienone is 2. The van der Waals surface area contributed by atoms with Gasteiger partial charge in [0.1, 0.15) is 0 Å². The molecule has 0 spiro atoms. The molecule has 82 valence electrons. The van der Waals surface area contributed by atoms with Crippen LogP contribution in [0.25, 0.3) is 0 Å². The molecule has 0 aromatic carbocycles. The van der Waals surface area contributed by atoms with E-state index in [9.17, 15) is 10.2 Å². The molecule has 2 nitrogen and oxygen atoms in total. The number of rotatable bonds is 0. The second-order valence-corrected chi connectivity index (χ2v) is 5.29. The first kappa shape index (κ1) is 9.61. The van der Waals surface area contributed by atoms with Crippen molar-refractivity contribution >= 4 is 0 Å². The number of aliphatic hydroxyl groups is 2. The minimum atomic E-state index is -0.351. The molecule has 4 aliphatic carbocycles. The molecule has 2 heteroatoms. The molecule has 0 saturated heterocycles. The van der Waals surface area contributed by atoms with Crippen molar-refractivity contribution in [2.24, 2.45) is 23.7 Å². The van der Waals surface area contributed by atoms with Gasteiger partial charge < -0.3 is 10.2 Å². The van der Waals surface area contributed by atoms with Crippen LogP contribution < -0.4 is 0 Å². The second-order valence-electron chi connectivity index (χ2n) is 5.29. The summed E-state index contributed by atoms with van der Waals surface area (Å²) in [5, 5.41) is 20.3. The molecule has 0 amide bonds. The monoisotopic (exact) mass is 206 g/mol. The molecule has 0 unspecified atom stereocenters. The highest BCUT2D eigenvalue weighted by molar-refractivity contribution is 5.24. The van der Waals surface area contributed by atoms with Crippen molar-refractivity contribution in [3.8, 4) is 0 Å². The van der Waals surface area contributed by atoms with E-state index in [1.165, 1.54) is 12.8 Å². The lowest BCUT2D eigenvalue weighted by Crippen LogP contribution is -2.50. The van der Waals surface area contributed by atoms with Crippen molar-refractivity contribution in [3.05, 3.63) is 23.8 Å². The lowest BCUT2D eigenvalue weighted by molar-refractivity contribution is -0.0436. The minimum absolute atomic E-state index is 0.257. The molecular formula is C13H18O2. The van der Waals surface area contributed by atoms with Crippen LogP contribution in [-0.4, -0.2) is 22.4 Å². The van der Waals surface area contributed by atoms with E-state index in [2.05, 4.69) is 12.2 Å². The molecule has 0 aromatic heterocycles. The predicted octanol–water partition coefficient (Wildman–Crippen LogP) is 1.50. The molecule has 0 aliphatic heterocycles. The highest BCUT2D eigenvalue weighted by Gasteiger charge is 2.48. The first-order valence-corrected chi connectivity index (χ1v) is 5.91. The Morgan fingerprint density at radius 3 is 2.27 bits per heavy atom. The fourth-order valence-electron chi connectivity index (χ4n) is 3.78. The van der Waals surface area contributed by atoms with Crippen LogP contribution in [-0.2, 0) is 0 Å². The van der Waals surface area contributed by atoms with Crippen molar-refractivity contribution in [2.45, 2.75) is 32.0 Å². The highest BCUT2D eigenvalue weighted by atomic mass is 16.3. The Bertz CT molecular complexity index is 331. The highest BCUT2D eigenvalue weighted by Crippen LogP contribution is 2.50. The Labute approximate surface area is 90.3 Å². The van der Waals surface area contributed by atoms with E-state index in [0.717, 1.165) is 5.57 Å². The maximum Gasteiger partial charge on any atom is 0.0786 e. The van der Waals surface area contributed by atoms with Crippen molar-refractivity contribution in [2.75, 3.05) is 0 Å². The van der Waals surface area contributed by atoms with Crippen molar-refractivity contribution < 1.29 is 10.2 Å². The van der Waals surface area contributed by atoms with Crippen LogP contribution in [0.3, 0.4) is 0 Å². The number of aliphatic hydroxyl groups excluding tert-OH is 2. The largest absolute Gasteiger partial charge is 0.389 e. The smallest absolute Gasteiger partial charge is 0.0786 e. The van der Waals surface area contributed by atoms with E-state index < -0.39 is 0 Å². The van der Waals surface area contributed by atoms with E-state index in [-0.39, 0.29) is 24.0 Å². The van der Waals surface area contributed by atoms with Gasteiger partial charge in [-0.2, -0.15) is 0 Å². The van der Waals surface area contributed by atoms with E-state index >= 15 is 0 Å². The zero-order valence-corrected chi connectivity index (χ0v) is 9.00. The quantitative estimate of drug-likeness (QED) is 0.590.